The first kappa shape index (κ1) is 15.3. The first-order valence-corrected chi connectivity index (χ1v) is 7.58. The molecule has 2 fully saturated rings. The molecule has 0 radical (unpaired) electrons. The van der Waals surface area contributed by atoms with Crippen molar-refractivity contribution in [1.82, 2.24) is 9.80 Å². The van der Waals surface area contributed by atoms with Crippen molar-refractivity contribution in [3.8, 4) is 6.07 Å². The van der Waals surface area contributed by atoms with Crippen molar-refractivity contribution < 1.29 is 9.53 Å². The first-order valence-electron chi connectivity index (χ1n) is 7.58. The molecule has 2 heterocycles. The lowest BCUT2D eigenvalue weighted by Gasteiger charge is -2.40. The normalized spacial score (nSPS) is 23.6. The molecule has 1 amide bonds. The van der Waals surface area contributed by atoms with E-state index in [1.807, 2.05) is 4.90 Å². The second-order valence-electron chi connectivity index (χ2n) is 6.29. The Kier molecular flexibility index (Phi) is 5.00. The summed E-state index contributed by atoms with van der Waals surface area (Å²) < 4.78 is 5.29. The van der Waals surface area contributed by atoms with Gasteiger partial charge < -0.3 is 9.64 Å². The number of amides is 1. The zero-order valence-corrected chi connectivity index (χ0v) is 12.6. The Labute approximate surface area is 121 Å². The van der Waals surface area contributed by atoms with Gasteiger partial charge in [0.05, 0.1) is 6.07 Å². The molecule has 0 saturated carbocycles. The Bertz CT molecular complexity index is 375. The maximum Gasteiger partial charge on any atom is 0.243 e. The first-order chi connectivity index (χ1) is 9.57. The summed E-state index contributed by atoms with van der Waals surface area (Å²) >= 11 is 0. The second kappa shape index (κ2) is 6.55. The van der Waals surface area contributed by atoms with E-state index in [4.69, 9.17) is 4.74 Å². The lowest BCUT2D eigenvalue weighted by molar-refractivity contribution is -0.145. The smallest absolute Gasteiger partial charge is 0.243 e. The summed E-state index contributed by atoms with van der Waals surface area (Å²) in [4.78, 5) is 16.9. The van der Waals surface area contributed by atoms with E-state index in [1.54, 1.807) is 0 Å². The standard InChI is InChI=1S/C15H25N3O2/c1-13(2)11-17-5-7-18(8-6-17)14(19)15(12-16)3-9-20-10-4-15/h13H,3-11H2,1-2H3. The van der Waals surface area contributed by atoms with E-state index in [1.165, 1.54) is 0 Å². The number of hydrogen-bond donors (Lipinski definition) is 0. The maximum atomic E-state index is 12.7. The van der Waals surface area contributed by atoms with Crippen molar-refractivity contribution in [3.05, 3.63) is 0 Å². The van der Waals surface area contributed by atoms with Crippen LogP contribution >= 0.6 is 0 Å². The highest BCUT2D eigenvalue weighted by atomic mass is 16.5. The minimum absolute atomic E-state index is 0.0208. The molecule has 0 bridgehead atoms. The fourth-order valence-electron chi connectivity index (χ4n) is 3.05. The van der Waals surface area contributed by atoms with Gasteiger partial charge in [0.1, 0.15) is 5.41 Å². The summed E-state index contributed by atoms with van der Waals surface area (Å²) in [5.74, 6) is 0.672. The largest absolute Gasteiger partial charge is 0.381 e. The van der Waals surface area contributed by atoms with Crippen LogP contribution in [-0.2, 0) is 9.53 Å². The highest BCUT2D eigenvalue weighted by molar-refractivity contribution is 5.85. The van der Waals surface area contributed by atoms with Crippen LogP contribution in [-0.4, -0.2) is 61.6 Å². The number of hydrogen-bond acceptors (Lipinski definition) is 4. The third-order valence-corrected chi connectivity index (χ3v) is 4.25. The number of ether oxygens (including phenoxy) is 1. The van der Waals surface area contributed by atoms with Crippen molar-refractivity contribution >= 4 is 5.91 Å². The molecule has 0 N–H and O–H groups in total. The van der Waals surface area contributed by atoms with Crippen LogP contribution in [0.2, 0.25) is 0 Å². The van der Waals surface area contributed by atoms with Crippen molar-refractivity contribution in [2.45, 2.75) is 26.7 Å². The van der Waals surface area contributed by atoms with Crippen molar-refractivity contribution in [1.29, 1.82) is 5.26 Å². The molecule has 2 aliphatic heterocycles. The van der Waals surface area contributed by atoms with Crippen molar-refractivity contribution in [3.63, 3.8) is 0 Å². The topological polar surface area (TPSA) is 56.6 Å². The van der Waals surface area contributed by atoms with Crippen LogP contribution in [0.1, 0.15) is 26.7 Å². The summed E-state index contributed by atoms with van der Waals surface area (Å²) in [6.45, 7) is 9.88. The van der Waals surface area contributed by atoms with Crippen LogP contribution in [0.25, 0.3) is 0 Å². The van der Waals surface area contributed by atoms with E-state index in [0.29, 0.717) is 32.0 Å². The van der Waals surface area contributed by atoms with Gasteiger partial charge >= 0.3 is 0 Å². The maximum absolute atomic E-state index is 12.7. The van der Waals surface area contributed by atoms with Gasteiger partial charge in [-0.25, -0.2) is 0 Å². The van der Waals surface area contributed by atoms with Crippen molar-refractivity contribution in [2.24, 2.45) is 11.3 Å². The quantitative estimate of drug-likeness (QED) is 0.776. The number of rotatable bonds is 3. The lowest BCUT2D eigenvalue weighted by atomic mass is 9.80. The van der Waals surface area contributed by atoms with E-state index < -0.39 is 5.41 Å². The minimum Gasteiger partial charge on any atom is -0.381 e. The van der Waals surface area contributed by atoms with Gasteiger partial charge in [0, 0.05) is 45.9 Å². The Morgan fingerprint density at radius 3 is 2.35 bits per heavy atom. The highest BCUT2D eigenvalue weighted by Gasteiger charge is 2.43. The molecule has 0 aromatic rings. The zero-order chi connectivity index (χ0) is 14.6. The van der Waals surface area contributed by atoms with Gasteiger partial charge in [0.2, 0.25) is 5.91 Å². The predicted molar refractivity (Wildman–Crippen MR) is 76.0 cm³/mol. The number of carbonyl (C=O) groups excluding carboxylic acids is 1. The Balaban J connectivity index is 1.92. The molecule has 0 aromatic heterocycles. The molecule has 112 valence electrons. The van der Waals surface area contributed by atoms with E-state index in [2.05, 4.69) is 24.8 Å². The average molecular weight is 279 g/mol. The molecule has 0 unspecified atom stereocenters. The number of nitriles is 1. The molecule has 5 heteroatoms. The zero-order valence-electron chi connectivity index (χ0n) is 12.6. The minimum atomic E-state index is -0.835. The van der Waals surface area contributed by atoms with Gasteiger partial charge in [0.15, 0.2) is 0 Å². The number of carbonyl (C=O) groups is 1. The highest BCUT2D eigenvalue weighted by Crippen LogP contribution is 2.32. The fraction of sp³-hybridized carbons (Fsp3) is 0.867. The number of piperazine rings is 1. The van der Waals surface area contributed by atoms with Crippen LogP contribution in [0.5, 0.6) is 0 Å². The lowest BCUT2D eigenvalue weighted by Crippen LogP contribution is -2.54. The van der Waals surface area contributed by atoms with Gasteiger partial charge in [-0.2, -0.15) is 5.26 Å². The van der Waals surface area contributed by atoms with Crippen LogP contribution in [0.3, 0.4) is 0 Å². The molecule has 0 spiro atoms. The van der Waals surface area contributed by atoms with Gasteiger partial charge in [-0.1, -0.05) is 13.8 Å². The van der Waals surface area contributed by atoms with Gasteiger partial charge in [0.25, 0.3) is 0 Å². The SMILES string of the molecule is CC(C)CN1CCN(C(=O)C2(C#N)CCOCC2)CC1. The van der Waals surface area contributed by atoms with Gasteiger partial charge in [-0.15, -0.1) is 0 Å². The Morgan fingerprint density at radius 2 is 1.85 bits per heavy atom. The molecule has 5 nitrogen and oxygen atoms in total. The molecule has 2 rings (SSSR count). The van der Waals surface area contributed by atoms with E-state index >= 15 is 0 Å². The summed E-state index contributed by atoms with van der Waals surface area (Å²) in [5, 5.41) is 9.45. The molecule has 2 saturated heterocycles. The molecular formula is C15H25N3O2. The monoisotopic (exact) mass is 279 g/mol. The molecule has 20 heavy (non-hydrogen) atoms. The Morgan fingerprint density at radius 1 is 1.25 bits per heavy atom. The summed E-state index contributed by atoms with van der Waals surface area (Å²) in [6, 6.07) is 2.27. The molecule has 0 aromatic carbocycles. The van der Waals surface area contributed by atoms with E-state index in [-0.39, 0.29) is 5.91 Å². The molecular weight excluding hydrogens is 254 g/mol. The van der Waals surface area contributed by atoms with Gasteiger partial charge in [-0.3, -0.25) is 9.69 Å². The van der Waals surface area contributed by atoms with Crippen LogP contribution in [0.4, 0.5) is 0 Å². The third-order valence-electron chi connectivity index (χ3n) is 4.25. The summed E-state index contributed by atoms with van der Waals surface area (Å²) in [7, 11) is 0. The average Bonchev–Trinajstić information content (AvgIpc) is 2.47. The van der Waals surface area contributed by atoms with E-state index in [0.717, 1.165) is 32.7 Å². The molecule has 0 atom stereocenters. The molecule has 0 aliphatic carbocycles. The van der Waals surface area contributed by atoms with Gasteiger partial charge in [-0.05, 0) is 18.8 Å². The predicted octanol–water partition coefficient (Wildman–Crippen LogP) is 1.11. The molecule has 2 aliphatic rings. The van der Waals surface area contributed by atoms with Crippen LogP contribution in [0, 0.1) is 22.7 Å². The second-order valence-corrected chi connectivity index (χ2v) is 6.29. The number of nitrogens with zero attached hydrogens (tertiary/aromatic N) is 3. The third kappa shape index (κ3) is 3.31. The summed E-state index contributed by atoms with van der Waals surface area (Å²) in [5.41, 5.74) is -0.835. The summed E-state index contributed by atoms with van der Waals surface area (Å²) in [6.07, 6.45) is 1.07. The van der Waals surface area contributed by atoms with Crippen LogP contribution < -0.4 is 0 Å². The Hall–Kier alpha value is -1.12. The van der Waals surface area contributed by atoms with E-state index in [9.17, 15) is 10.1 Å². The van der Waals surface area contributed by atoms with Crippen molar-refractivity contribution in [2.75, 3.05) is 45.9 Å². The van der Waals surface area contributed by atoms with Crippen LogP contribution in [0.15, 0.2) is 0 Å². The fourth-order valence-corrected chi connectivity index (χ4v) is 3.05.